The third kappa shape index (κ3) is 5.96. The highest BCUT2D eigenvalue weighted by molar-refractivity contribution is 6.30. The highest BCUT2D eigenvalue weighted by Crippen LogP contribution is 2.45. The average Bonchev–Trinajstić information content (AvgIpc) is 3.56. The van der Waals surface area contributed by atoms with Crippen LogP contribution in [0.4, 0.5) is 4.79 Å². The number of esters is 1. The van der Waals surface area contributed by atoms with Gasteiger partial charge in [-0.05, 0) is 75.6 Å². The number of carbonyl (C=O) groups is 3. The largest absolute Gasteiger partial charge is 0.464 e. The van der Waals surface area contributed by atoms with E-state index in [4.69, 9.17) is 25.8 Å². The molecule has 38 heavy (non-hydrogen) atoms. The lowest BCUT2D eigenvalue weighted by atomic mass is 9.93. The van der Waals surface area contributed by atoms with Gasteiger partial charge in [0.1, 0.15) is 28.7 Å². The fourth-order valence-electron chi connectivity index (χ4n) is 4.60. The molecule has 1 aliphatic carbocycles. The number of benzene rings is 2. The molecule has 0 aromatic heterocycles. The second kappa shape index (κ2) is 10.7. The van der Waals surface area contributed by atoms with Gasteiger partial charge in [0, 0.05) is 17.4 Å². The highest BCUT2D eigenvalue weighted by Gasteiger charge is 2.61. The van der Waals surface area contributed by atoms with Crippen LogP contribution in [0.1, 0.15) is 45.2 Å². The molecule has 2 aromatic rings. The van der Waals surface area contributed by atoms with E-state index in [0.29, 0.717) is 22.9 Å². The molecule has 0 radical (unpaired) electrons. The predicted octanol–water partition coefficient (Wildman–Crippen LogP) is 5.42. The van der Waals surface area contributed by atoms with Gasteiger partial charge in [0.2, 0.25) is 5.91 Å². The van der Waals surface area contributed by atoms with Crippen molar-refractivity contribution in [3.8, 4) is 11.5 Å². The van der Waals surface area contributed by atoms with E-state index in [-0.39, 0.29) is 25.5 Å². The first-order chi connectivity index (χ1) is 18.0. The van der Waals surface area contributed by atoms with Gasteiger partial charge in [-0.25, -0.2) is 9.59 Å². The number of nitrogens with zero attached hydrogens (tertiary/aromatic N) is 1. The van der Waals surface area contributed by atoms with Crippen molar-refractivity contribution in [2.75, 3.05) is 6.61 Å². The second-order valence-corrected chi connectivity index (χ2v) is 11.0. The topological polar surface area (TPSA) is 94.2 Å². The molecule has 3 atom stereocenters. The molecule has 2 amide bonds. The van der Waals surface area contributed by atoms with E-state index >= 15 is 0 Å². The van der Waals surface area contributed by atoms with Crippen LogP contribution in [0, 0.1) is 5.92 Å². The molecule has 2 aromatic carbocycles. The first-order valence-electron chi connectivity index (χ1n) is 12.6. The minimum absolute atomic E-state index is 0.164. The van der Waals surface area contributed by atoms with E-state index < -0.39 is 35.2 Å². The molecule has 8 nitrogen and oxygen atoms in total. The summed E-state index contributed by atoms with van der Waals surface area (Å²) in [7, 11) is 0. The van der Waals surface area contributed by atoms with Crippen molar-refractivity contribution < 1.29 is 28.6 Å². The average molecular weight is 541 g/mol. The van der Waals surface area contributed by atoms with Crippen LogP contribution < -0.4 is 10.1 Å². The molecule has 1 saturated carbocycles. The van der Waals surface area contributed by atoms with Crippen molar-refractivity contribution in [3.63, 3.8) is 0 Å². The first kappa shape index (κ1) is 27.5. The Morgan fingerprint density at radius 2 is 1.89 bits per heavy atom. The van der Waals surface area contributed by atoms with E-state index in [0.717, 1.165) is 11.1 Å². The van der Waals surface area contributed by atoms with Crippen LogP contribution in [0.5, 0.6) is 11.5 Å². The number of nitrogens with one attached hydrogen (secondary N) is 1. The van der Waals surface area contributed by atoms with Gasteiger partial charge in [0.15, 0.2) is 0 Å². The van der Waals surface area contributed by atoms with Gasteiger partial charge in [0.25, 0.3) is 0 Å². The van der Waals surface area contributed by atoms with Gasteiger partial charge in [-0.1, -0.05) is 29.8 Å². The molecule has 0 saturated heterocycles. The zero-order valence-electron chi connectivity index (χ0n) is 22.1. The van der Waals surface area contributed by atoms with Gasteiger partial charge < -0.3 is 19.5 Å². The monoisotopic (exact) mass is 540 g/mol. The minimum atomic E-state index is -1.17. The van der Waals surface area contributed by atoms with Crippen molar-refractivity contribution >= 4 is 29.6 Å². The lowest BCUT2D eigenvalue weighted by molar-refractivity contribution is -0.149. The van der Waals surface area contributed by atoms with E-state index in [9.17, 15) is 14.4 Å². The summed E-state index contributed by atoms with van der Waals surface area (Å²) in [6.45, 7) is 11.2. The van der Waals surface area contributed by atoms with Crippen LogP contribution in [0.25, 0.3) is 0 Å². The number of hydrogen-bond acceptors (Lipinski definition) is 6. The fourth-order valence-corrected chi connectivity index (χ4v) is 4.78. The van der Waals surface area contributed by atoms with Gasteiger partial charge >= 0.3 is 12.1 Å². The Labute approximate surface area is 227 Å². The quantitative estimate of drug-likeness (QED) is 0.372. The van der Waals surface area contributed by atoms with Crippen LogP contribution in [0.15, 0.2) is 55.1 Å². The predicted molar refractivity (Wildman–Crippen MR) is 143 cm³/mol. The Hall–Kier alpha value is -3.52. The van der Waals surface area contributed by atoms with Gasteiger partial charge in [-0.3, -0.25) is 9.69 Å². The Bertz CT molecular complexity index is 1260. The number of amides is 2. The molecule has 0 spiro atoms. The van der Waals surface area contributed by atoms with Crippen molar-refractivity contribution in [2.45, 2.75) is 64.3 Å². The molecule has 0 bridgehead atoms. The zero-order chi connectivity index (χ0) is 27.7. The highest BCUT2D eigenvalue weighted by atomic mass is 35.5. The van der Waals surface area contributed by atoms with Crippen LogP contribution in [0.2, 0.25) is 5.02 Å². The SMILES string of the molecule is C=C[C@@H]1C[C@]1(NC(=O)[C@@H]1Cc2cc(Oc3cccc(Cl)c3)ccc2CN1C(=O)OC(C)(C)C)C(=O)OCC. The summed E-state index contributed by atoms with van der Waals surface area (Å²) in [4.78, 5) is 41.0. The number of rotatable bonds is 7. The Morgan fingerprint density at radius 3 is 2.53 bits per heavy atom. The summed E-state index contributed by atoms with van der Waals surface area (Å²) >= 11 is 6.08. The summed E-state index contributed by atoms with van der Waals surface area (Å²) in [5, 5.41) is 3.44. The van der Waals surface area contributed by atoms with Crippen molar-refractivity contribution in [3.05, 3.63) is 71.3 Å². The molecule has 1 aliphatic heterocycles. The molecule has 0 unspecified atom stereocenters. The maximum Gasteiger partial charge on any atom is 0.411 e. The summed E-state index contributed by atoms with van der Waals surface area (Å²) < 4.78 is 16.8. The molecule has 1 fully saturated rings. The summed E-state index contributed by atoms with van der Waals surface area (Å²) in [6.07, 6.45) is 1.64. The second-order valence-electron chi connectivity index (χ2n) is 10.5. The van der Waals surface area contributed by atoms with Crippen molar-refractivity contribution in [1.29, 1.82) is 0 Å². The summed E-state index contributed by atoms with van der Waals surface area (Å²) in [6, 6.07) is 11.7. The van der Waals surface area contributed by atoms with Crippen LogP contribution in [-0.4, -0.2) is 46.7 Å². The molecular formula is C29H33ClN2O6. The van der Waals surface area contributed by atoms with E-state index in [1.165, 1.54) is 4.90 Å². The molecule has 9 heteroatoms. The summed E-state index contributed by atoms with van der Waals surface area (Å²) in [5.41, 5.74) is -0.199. The number of carbonyl (C=O) groups excluding carboxylic acids is 3. The molecular weight excluding hydrogens is 508 g/mol. The van der Waals surface area contributed by atoms with E-state index in [1.807, 2.05) is 18.2 Å². The molecule has 1 heterocycles. The van der Waals surface area contributed by atoms with Crippen LogP contribution >= 0.6 is 11.6 Å². The van der Waals surface area contributed by atoms with Crippen molar-refractivity contribution in [2.24, 2.45) is 5.92 Å². The third-order valence-electron chi connectivity index (χ3n) is 6.56. The lowest BCUT2D eigenvalue weighted by Gasteiger charge is -2.37. The number of halogens is 1. The standard InChI is InChI=1S/C29H33ClN2O6/c1-6-20-16-29(20,26(34)36-7-2)31-25(33)24-14-19-13-23(37-22-10-8-9-21(30)15-22)12-11-18(19)17-32(24)27(35)38-28(3,4)5/h6,8-13,15,20,24H,1,7,14,16-17H2,2-5H3,(H,31,33)/t20-,24+,29-/m1/s1. The number of ether oxygens (including phenoxy) is 3. The first-order valence-corrected chi connectivity index (χ1v) is 13.0. The maximum atomic E-state index is 13.7. The fraction of sp³-hybridized carbons (Fsp3) is 0.414. The zero-order valence-corrected chi connectivity index (χ0v) is 22.8. The maximum absolute atomic E-state index is 13.7. The minimum Gasteiger partial charge on any atom is -0.464 e. The third-order valence-corrected chi connectivity index (χ3v) is 6.79. The summed E-state index contributed by atoms with van der Waals surface area (Å²) in [5.74, 6) is -0.0454. The van der Waals surface area contributed by atoms with Gasteiger partial charge in [-0.2, -0.15) is 0 Å². The Morgan fingerprint density at radius 1 is 1.16 bits per heavy atom. The van der Waals surface area contributed by atoms with E-state index in [1.54, 1.807) is 58.0 Å². The number of hydrogen-bond donors (Lipinski definition) is 1. The van der Waals surface area contributed by atoms with Gasteiger partial charge in [0.05, 0.1) is 13.2 Å². The molecule has 202 valence electrons. The normalized spacial score (nSPS) is 22.1. The smallest absolute Gasteiger partial charge is 0.411 e. The lowest BCUT2D eigenvalue weighted by Crippen LogP contribution is -2.57. The Balaban J connectivity index is 1.62. The molecule has 4 rings (SSSR count). The van der Waals surface area contributed by atoms with Gasteiger partial charge in [-0.15, -0.1) is 6.58 Å². The van der Waals surface area contributed by atoms with Crippen LogP contribution in [-0.2, 0) is 32.0 Å². The molecule has 1 N–H and O–H groups in total. The van der Waals surface area contributed by atoms with Crippen LogP contribution in [0.3, 0.4) is 0 Å². The van der Waals surface area contributed by atoms with E-state index in [2.05, 4.69) is 11.9 Å². The van der Waals surface area contributed by atoms with Crippen molar-refractivity contribution in [1.82, 2.24) is 10.2 Å². The molecule has 2 aliphatic rings. The Kier molecular flexibility index (Phi) is 7.74. The number of fused-ring (bicyclic) bond motifs is 1.